The van der Waals surface area contributed by atoms with Gasteiger partial charge in [0.1, 0.15) is 0 Å². The number of likely N-dealkylation sites (tertiary alicyclic amines) is 1. The zero-order valence-corrected chi connectivity index (χ0v) is 10.9. The molecule has 1 heterocycles. The highest BCUT2D eigenvalue weighted by Gasteiger charge is 2.24. The minimum atomic E-state index is -0.385. The monoisotopic (exact) mass is 259 g/mol. The Hall–Kier alpha value is -2.06. The van der Waals surface area contributed by atoms with E-state index < -0.39 is 0 Å². The Morgan fingerprint density at radius 3 is 3.11 bits per heavy atom. The van der Waals surface area contributed by atoms with Crippen LogP contribution < -0.4 is 5.32 Å². The fourth-order valence-corrected chi connectivity index (χ4v) is 2.33. The predicted molar refractivity (Wildman–Crippen MR) is 70.4 cm³/mol. The first-order valence-corrected chi connectivity index (χ1v) is 6.27. The summed E-state index contributed by atoms with van der Waals surface area (Å²) < 4.78 is 4.59. The van der Waals surface area contributed by atoms with E-state index in [4.69, 9.17) is 5.26 Å². The minimum Gasteiger partial charge on any atom is -0.453 e. The second-order valence-electron chi connectivity index (χ2n) is 4.63. The van der Waals surface area contributed by atoms with E-state index in [2.05, 4.69) is 21.0 Å². The van der Waals surface area contributed by atoms with Crippen LogP contribution in [0, 0.1) is 11.3 Å². The second kappa shape index (κ2) is 6.21. The lowest BCUT2D eigenvalue weighted by atomic mass is 10.1. The van der Waals surface area contributed by atoms with Crippen molar-refractivity contribution in [2.24, 2.45) is 0 Å². The Morgan fingerprint density at radius 2 is 2.37 bits per heavy atom. The molecule has 100 valence electrons. The molecule has 1 amide bonds. The van der Waals surface area contributed by atoms with Crippen LogP contribution in [0.3, 0.4) is 0 Å². The number of hydrogen-bond donors (Lipinski definition) is 1. The highest BCUT2D eigenvalue weighted by atomic mass is 16.5. The van der Waals surface area contributed by atoms with Crippen molar-refractivity contribution >= 4 is 6.09 Å². The minimum absolute atomic E-state index is 0.127. The predicted octanol–water partition coefficient (Wildman–Crippen LogP) is 1.49. The van der Waals surface area contributed by atoms with Crippen molar-refractivity contribution in [2.45, 2.75) is 19.0 Å². The number of benzene rings is 1. The van der Waals surface area contributed by atoms with Gasteiger partial charge in [-0.25, -0.2) is 4.79 Å². The smallest absolute Gasteiger partial charge is 0.407 e. The van der Waals surface area contributed by atoms with Gasteiger partial charge in [-0.1, -0.05) is 18.2 Å². The number of methoxy groups -OCH3 is 1. The quantitative estimate of drug-likeness (QED) is 0.893. The molecule has 1 aliphatic rings. The molecule has 0 radical (unpaired) electrons. The Balaban J connectivity index is 1.92. The molecule has 1 aromatic carbocycles. The summed E-state index contributed by atoms with van der Waals surface area (Å²) in [5.41, 5.74) is 1.75. The molecule has 1 saturated heterocycles. The molecule has 0 spiro atoms. The largest absolute Gasteiger partial charge is 0.453 e. The van der Waals surface area contributed by atoms with E-state index in [1.54, 1.807) is 0 Å². The number of nitrogens with one attached hydrogen (secondary N) is 1. The topological polar surface area (TPSA) is 65.4 Å². The molecular formula is C14H17N3O2. The molecule has 1 fully saturated rings. The number of amides is 1. The maximum absolute atomic E-state index is 11.1. The molecule has 0 bridgehead atoms. The van der Waals surface area contributed by atoms with Gasteiger partial charge in [-0.2, -0.15) is 5.26 Å². The van der Waals surface area contributed by atoms with Crippen molar-refractivity contribution in [1.29, 1.82) is 5.26 Å². The first-order chi connectivity index (χ1) is 9.22. The third-order valence-electron chi connectivity index (χ3n) is 3.31. The summed E-state index contributed by atoms with van der Waals surface area (Å²) in [6.45, 7) is 2.44. The molecule has 5 nitrogen and oxygen atoms in total. The van der Waals surface area contributed by atoms with Gasteiger partial charge in [0.15, 0.2) is 0 Å². The zero-order chi connectivity index (χ0) is 13.7. The van der Waals surface area contributed by atoms with E-state index >= 15 is 0 Å². The van der Waals surface area contributed by atoms with Crippen molar-refractivity contribution in [3.05, 3.63) is 35.4 Å². The molecule has 0 aliphatic carbocycles. The molecule has 5 heteroatoms. The molecule has 1 unspecified atom stereocenters. The van der Waals surface area contributed by atoms with Gasteiger partial charge in [0, 0.05) is 25.7 Å². The number of ether oxygens (including phenoxy) is 1. The summed E-state index contributed by atoms with van der Waals surface area (Å²) in [4.78, 5) is 13.4. The second-order valence-corrected chi connectivity index (χ2v) is 4.63. The summed E-state index contributed by atoms with van der Waals surface area (Å²) in [7, 11) is 1.37. The average molecular weight is 259 g/mol. The van der Waals surface area contributed by atoms with Crippen LogP contribution in [0.2, 0.25) is 0 Å². The van der Waals surface area contributed by atoms with Crippen LogP contribution >= 0.6 is 0 Å². The van der Waals surface area contributed by atoms with Gasteiger partial charge in [0.25, 0.3) is 0 Å². The normalized spacial score (nSPS) is 18.8. The van der Waals surface area contributed by atoms with Crippen LogP contribution in [0.15, 0.2) is 24.3 Å². The number of alkyl carbamates (subject to hydrolysis) is 1. The summed E-state index contributed by atoms with van der Waals surface area (Å²) >= 11 is 0. The number of carbonyl (C=O) groups excluding carboxylic acids is 1. The zero-order valence-electron chi connectivity index (χ0n) is 10.9. The fraction of sp³-hybridized carbons (Fsp3) is 0.429. The summed E-state index contributed by atoms with van der Waals surface area (Å²) in [6.07, 6.45) is 0.522. The molecule has 1 aromatic rings. The third-order valence-corrected chi connectivity index (χ3v) is 3.31. The van der Waals surface area contributed by atoms with E-state index in [0.29, 0.717) is 5.56 Å². The Morgan fingerprint density at radius 1 is 1.58 bits per heavy atom. The Kier molecular flexibility index (Phi) is 4.37. The molecular weight excluding hydrogens is 242 g/mol. The summed E-state index contributed by atoms with van der Waals surface area (Å²) in [5, 5.41) is 11.9. The summed E-state index contributed by atoms with van der Waals surface area (Å²) in [5.74, 6) is 0. The van der Waals surface area contributed by atoms with Gasteiger partial charge in [-0.15, -0.1) is 0 Å². The van der Waals surface area contributed by atoms with Gasteiger partial charge < -0.3 is 10.1 Å². The van der Waals surface area contributed by atoms with E-state index in [0.717, 1.165) is 31.6 Å². The molecule has 1 N–H and O–H groups in total. The van der Waals surface area contributed by atoms with E-state index in [-0.39, 0.29) is 12.1 Å². The Bertz CT molecular complexity index is 496. The maximum Gasteiger partial charge on any atom is 0.407 e. The first-order valence-electron chi connectivity index (χ1n) is 6.27. The molecule has 2 rings (SSSR count). The SMILES string of the molecule is COC(=O)NC1CCN(Cc2ccccc2C#N)C1. The lowest BCUT2D eigenvalue weighted by Crippen LogP contribution is -2.36. The summed E-state index contributed by atoms with van der Waals surface area (Å²) in [6, 6.07) is 9.94. The van der Waals surface area contributed by atoms with Crippen LogP contribution in [-0.2, 0) is 11.3 Å². The van der Waals surface area contributed by atoms with E-state index in [9.17, 15) is 4.79 Å². The maximum atomic E-state index is 11.1. The molecule has 0 aromatic heterocycles. The van der Waals surface area contributed by atoms with Crippen molar-refractivity contribution in [3.8, 4) is 6.07 Å². The van der Waals surface area contributed by atoms with Gasteiger partial charge in [-0.3, -0.25) is 4.90 Å². The lowest BCUT2D eigenvalue weighted by molar-refractivity contribution is 0.166. The van der Waals surface area contributed by atoms with Gasteiger partial charge in [0.05, 0.1) is 18.7 Å². The van der Waals surface area contributed by atoms with Crippen LogP contribution in [0.25, 0.3) is 0 Å². The van der Waals surface area contributed by atoms with Crippen LogP contribution in [-0.4, -0.2) is 37.2 Å². The Labute approximate surface area is 112 Å². The molecule has 19 heavy (non-hydrogen) atoms. The molecule has 1 aliphatic heterocycles. The van der Waals surface area contributed by atoms with Crippen LogP contribution in [0.5, 0.6) is 0 Å². The van der Waals surface area contributed by atoms with Crippen molar-refractivity contribution < 1.29 is 9.53 Å². The number of hydrogen-bond acceptors (Lipinski definition) is 4. The van der Waals surface area contributed by atoms with Gasteiger partial charge in [-0.05, 0) is 18.1 Å². The van der Waals surface area contributed by atoms with Gasteiger partial charge in [0.2, 0.25) is 0 Å². The number of nitrogens with zero attached hydrogens (tertiary/aromatic N) is 2. The van der Waals surface area contributed by atoms with Crippen molar-refractivity contribution in [3.63, 3.8) is 0 Å². The number of rotatable bonds is 3. The number of nitriles is 1. The molecule has 1 atom stereocenters. The van der Waals surface area contributed by atoms with Crippen LogP contribution in [0.1, 0.15) is 17.5 Å². The highest BCUT2D eigenvalue weighted by Crippen LogP contribution is 2.16. The molecule has 0 saturated carbocycles. The first kappa shape index (κ1) is 13.4. The average Bonchev–Trinajstić information content (AvgIpc) is 2.86. The van der Waals surface area contributed by atoms with Crippen molar-refractivity contribution in [2.75, 3.05) is 20.2 Å². The third kappa shape index (κ3) is 3.46. The van der Waals surface area contributed by atoms with E-state index in [1.165, 1.54) is 7.11 Å². The van der Waals surface area contributed by atoms with Crippen LogP contribution in [0.4, 0.5) is 4.79 Å². The lowest BCUT2D eigenvalue weighted by Gasteiger charge is -2.17. The van der Waals surface area contributed by atoms with E-state index in [1.807, 2.05) is 24.3 Å². The highest BCUT2D eigenvalue weighted by molar-refractivity contribution is 5.67. The van der Waals surface area contributed by atoms with Gasteiger partial charge >= 0.3 is 6.09 Å². The number of carbonyl (C=O) groups is 1. The standard InChI is InChI=1S/C14H17N3O2/c1-19-14(18)16-13-6-7-17(10-13)9-12-5-3-2-4-11(12)8-15/h2-5,13H,6-7,9-10H2,1H3,(H,16,18). The fourth-order valence-electron chi connectivity index (χ4n) is 2.33. The van der Waals surface area contributed by atoms with Crippen molar-refractivity contribution in [1.82, 2.24) is 10.2 Å².